The summed E-state index contributed by atoms with van der Waals surface area (Å²) in [6.45, 7) is 5.45. The highest BCUT2D eigenvalue weighted by atomic mass is 19.1. The Morgan fingerprint density at radius 1 is 1.08 bits per heavy atom. The molecule has 1 heterocycles. The molecule has 0 bridgehead atoms. The lowest BCUT2D eigenvalue weighted by Gasteiger charge is -2.31. The number of hydrogen-bond acceptors (Lipinski definition) is 2. The topological polar surface area (TPSA) is 33.2 Å². The lowest BCUT2D eigenvalue weighted by atomic mass is 10.1. The van der Waals surface area contributed by atoms with Crippen LogP contribution in [0, 0.1) is 29.3 Å². The summed E-state index contributed by atoms with van der Waals surface area (Å²) in [4.78, 5) is 17.5. The molecule has 25 heavy (non-hydrogen) atoms. The van der Waals surface area contributed by atoms with E-state index >= 15 is 0 Å². The van der Waals surface area contributed by atoms with Crippen LogP contribution in [-0.2, 0) is 0 Å². The maximum atomic E-state index is 14.2. The molecule has 0 saturated carbocycles. The maximum Gasteiger partial charge on any atom is 0.275 e. The Bertz CT molecular complexity index is 876. The Morgan fingerprint density at radius 2 is 1.76 bits per heavy atom. The SMILES string of the molecule is CN(C(=O)c1ncc(C#Cc2cc(F)ccc2F)cc1F)C(C)(C)C. The summed E-state index contributed by atoms with van der Waals surface area (Å²) in [7, 11) is 1.56. The first-order valence-corrected chi connectivity index (χ1v) is 7.50. The molecular weight excluding hydrogens is 329 g/mol. The Kier molecular flexibility index (Phi) is 5.17. The summed E-state index contributed by atoms with van der Waals surface area (Å²) in [5, 5.41) is 0. The van der Waals surface area contributed by atoms with Gasteiger partial charge in [-0.2, -0.15) is 0 Å². The molecule has 0 unspecified atom stereocenters. The van der Waals surface area contributed by atoms with Gasteiger partial charge in [0.2, 0.25) is 0 Å². The van der Waals surface area contributed by atoms with Gasteiger partial charge in [-0.05, 0) is 45.0 Å². The predicted molar refractivity (Wildman–Crippen MR) is 88.4 cm³/mol. The molecule has 0 aliphatic carbocycles. The molecule has 2 aromatic rings. The molecule has 0 radical (unpaired) electrons. The first kappa shape index (κ1) is 18.5. The average Bonchev–Trinajstić information content (AvgIpc) is 2.53. The Labute approximate surface area is 144 Å². The molecular formula is C19H17F3N2O. The van der Waals surface area contributed by atoms with Gasteiger partial charge in [-0.3, -0.25) is 4.79 Å². The van der Waals surface area contributed by atoms with Crippen LogP contribution in [0.15, 0.2) is 30.5 Å². The van der Waals surface area contributed by atoms with Crippen molar-refractivity contribution in [2.45, 2.75) is 26.3 Å². The number of benzene rings is 1. The summed E-state index contributed by atoms with van der Waals surface area (Å²) in [5.74, 6) is 2.25. The fraction of sp³-hybridized carbons (Fsp3) is 0.263. The molecule has 1 aromatic carbocycles. The minimum absolute atomic E-state index is 0.145. The zero-order chi connectivity index (χ0) is 18.8. The molecule has 0 aliphatic rings. The Morgan fingerprint density at radius 3 is 2.36 bits per heavy atom. The van der Waals surface area contributed by atoms with Crippen LogP contribution in [0.4, 0.5) is 13.2 Å². The van der Waals surface area contributed by atoms with Gasteiger partial charge >= 0.3 is 0 Å². The summed E-state index contributed by atoms with van der Waals surface area (Å²) in [5.41, 5.74) is -0.803. The number of aromatic nitrogens is 1. The number of carbonyl (C=O) groups excluding carboxylic acids is 1. The number of pyridine rings is 1. The zero-order valence-electron chi connectivity index (χ0n) is 14.3. The molecule has 0 saturated heterocycles. The quantitative estimate of drug-likeness (QED) is 0.737. The highest BCUT2D eigenvalue weighted by Gasteiger charge is 2.26. The smallest absolute Gasteiger partial charge is 0.275 e. The van der Waals surface area contributed by atoms with Crippen LogP contribution in [0.25, 0.3) is 0 Å². The predicted octanol–water partition coefficient (Wildman–Crippen LogP) is 3.77. The molecule has 0 fully saturated rings. The molecule has 1 amide bonds. The van der Waals surface area contributed by atoms with E-state index < -0.39 is 28.9 Å². The van der Waals surface area contributed by atoms with Crippen molar-refractivity contribution >= 4 is 5.91 Å². The normalized spacial score (nSPS) is 10.8. The highest BCUT2D eigenvalue weighted by molar-refractivity contribution is 5.92. The number of halogens is 3. The molecule has 3 nitrogen and oxygen atoms in total. The van der Waals surface area contributed by atoms with Crippen LogP contribution in [0.1, 0.15) is 42.4 Å². The van der Waals surface area contributed by atoms with Crippen molar-refractivity contribution in [1.82, 2.24) is 9.88 Å². The fourth-order valence-electron chi connectivity index (χ4n) is 1.86. The fourth-order valence-corrected chi connectivity index (χ4v) is 1.86. The summed E-state index contributed by atoms with van der Waals surface area (Å²) in [6.07, 6.45) is 1.22. The first-order valence-electron chi connectivity index (χ1n) is 7.50. The van der Waals surface area contributed by atoms with Crippen molar-refractivity contribution in [1.29, 1.82) is 0 Å². The van der Waals surface area contributed by atoms with Crippen LogP contribution >= 0.6 is 0 Å². The van der Waals surface area contributed by atoms with Crippen molar-refractivity contribution < 1.29 is 18.0 Å². The van der Waals surface area contributed by atoms with Gasteiger partial charge in [-0.1, -0.05) is 11.8 Å². The lowest BCUT2D eigenvalue weighted by molar-refractivity contribution is 0.0644. The van der Waals surface area contributed by atoms with Gasteiger partial charge in [-0.25, -0.2) is 18.2 Å². The van der Waals surface area contributed by atoms with Gasteiger partial charge in [0.1, 0.15) is 11.6 Å². The van der Waals surface area contributed by atoms with Crippen LogP contribution in [0.2, 0.25) is 0 Å². The first-order chi connectivity index (χ1) is 11.6. The average molecular weight is 346 g/mol. The third-order valence-electron chi connectivity index (χ3n) is 3.62. The number of hydrogen-bond donors (Lipinski definition) is 0. The van der Waals surface area contributed by atoms with E-state index in [1.807, 2.05) is 20.8 Å². The summed E-state index contributed by atoms with van der Waals surface area (Å²) < 4.78 is 40.8. The van der Waals surface area contributed by atoms with E-state index in [-0.39, 0.29) is 16.8 Å². The van der Waals surface area contributed by atoms with Crippen molar-refractivity contribution in [2.75, 3.05) is 7.05 Å². The monoisotopic (exact) mass is 346 g/mol. The zero-order valence-corrected chi connectivity index (χ0v) is 14.3. The van der Waals surface area contributed by atoms with Crippen LogP contribution in [-0.4, -0.2) is 28.4 Å². The Balaban J connectivity index is 2.31. The molecule has 0 spiro atoms. The number of rotatable bonds is 1. The largest absolute Gasteiger partial charge is 0.335 e. The third kappa shape index (κ3) is 4.38. The lowest BCUT2D eigenvalue weighted by Crippen LogP contribution is -2.43. The van der Waals surface area contributed by atoms with Crippen molar-refractivity contribution in [3.05, 3.63) is 64.7 Å². The summed E-state index contributed by atoms with van der Waals surface area (Å²) >= 11 is 0. The second-order valence-corrected chi connectivity index (χ2v) is 6.46. The maximum absolute atomic E-state index is 14.2. The van der Waals surface area contributed by atoms with E-state index in [0.717, 1.165) is 24.3 Å². The van der Waals surface area contributed by atoms with Gasteiger partial charge in [0, 0.05) is 24.3 Å². The second kappa shape index (κ2) is 6.98. The second-order valence-electron chi connectivity index (χ2n) is 6.46. The molecule has 1 aromatic heterocycles. The van der Waals surface area contributed by atoms with E-state index in [0.29, 0.717) is 0 Å². The molecule has 6 heteroatoms. The minimum atomic E-state index is -0.826. The van der Waals surface area contributed by atoms with Gasteiger partial charge in [0.25, 0.3) is 5.91 Å². The molecule has 0 aliphatic heterocycles. The van der Waals surface area contributed by atoms with Gasteiger partial charge in [0.15, 0.2) is 11.5 Å². The van der Waals surface area contributed by atoms with Gasteiger partial charge < -0.3 is 4.90 Å². The van der Waals surface area contributed by atoms with Crippen molar-refractivity contribution in [2.24, 2.45) is 0 Å². The van der Waals surface area contributed by atoms with Crippen LogP contribution in [0.3, 0.4) is 0 Å². The molecule has 2 rings (SSSR count). The highest BCUT2D eigenvalue weighted by Crippen LogP contribution is 2.16. The molecule has 0 N–H and O–H groups in total. The van der Waals surface area contributed by atoms with Crippen molar-refractivity contribution in [3.8, 4) is 11.8 Å². The summed E-state index contributed by atoms with van der Waals surface area (Å²) in [6, 6.07) is 3.93. The van der Waals surface area contributed by atoms with E-state index in [2.05, 4.69) is 16.8 Å². The van der Waals surface area contributed by atoms with Gasteiger partial charge in [-0.15, -0.1) is 0 Å². The minimum Gasteiger partial charge on any atom is -0.335 e. The van der Waals surface area contributed by atoms with Gasteiger partial charge in [0.05, 0.1) is 5.56 Å². The van der Waals surface area contributed by atoms with E-state index in [1.165, 1.54) is 11.1 Å². The van der Waals surface area contributed by atoms with Crippen LogP contribution < -0.4 is 0 Å². The van der Waals surface area contributed by atoms with Crippen molar-refractivity contribution in [3.63, 3.8) is 0 Å². The number of nitrogens with zero attached hydrogens (tertiary/aromatic N) is 2. The van der Waals surface area contributed by atoms with E-state index in [1.54, 1.807) is 7.05 Å². The number of carbonyl (C=O) groups is 1. The molecule has 0 atom stereocenters. The number of amides is 1. The molecule has 130 valence electrons. The standard InChI is InChI=1S/C19H17F3N2O/c1-19(2,3)24(4)18(25)17-16(22)9-12(11-23-17)5-6-13-10-14(20)7-8-15(13)21/h7-11H,1-4H3. The van der Waals surface area contributed by atoms with E-state index in [4.69, 9.17) is 0 Å². The van der Waals surface area contributed by atoms with Crippen LogP contribution in [0.5, 0.6) is 0 Å². The third-order valence-corrected chi connectivity index (χ3v) is 3.62. The van der Waals surface area contributed by atoms with E-state index in [9.17, 15) is 18.0 Å². The Hall–Kier alpha value is -2.81.